The summed E-state index contributed by atoms with van der Waals surface area (Å²) >= 11 is 0. The normalized spacial score (nSPS) is 16.4. The number of aromatic hydroxyl groups is 1. The van der Waals surface area contributed by atoms with Crippen molar-refractivity contribution in [1.82, 2.24) is 19.7 Å². The minimum absolute atomic E-state index is 0.108. The van der Waals surface area contributed by atoms with Gasteiger partial charge in [-0.2, -0.15) is 5.10 Å². The van der Waals surface area contributed by atoms with Gasteiger partial charge in [0.2, 0.25) is 0 Å². The first-order chi connectivity index (χ1) is 12.5. The Kier molecular flexibility index (Phi) is 3.95. The van der Waals surface area contributed by atoms with Crippen LogP contribution >= 0.6 is 0 Å². The van der Waals surface area contributed by atoms with Crippen LogP contribution in [-0.2, 0) is 6.54 Å². The molecule has 1 N–H and O–H groups in total. The predicted octanol–water partition coefficient (Wildman–Crippen LogP) is 3.18. The van der Waals surface area contributed by atoms with Gasteiger partial charge in [-0.25, -0.2) is 9.67 Å². The van der Waals surface area contributed by atoms with E-state index >= 15 is 0 Å². The molecule has 0 saturated heterocycles. The average molecular weight is 348 g/mol. The molecule has 132 valence electrons. The van der Waals surface area contributed by atoms with E-state index < -0.39 is 0 Å². The zero-order valence-corrected chi connectivity index (χ0v) is 14.8. The number of nitrogens with zero attached hydrogens (tertiary/aromatic N) is 4. The first-order valence-electron chi connectivity index (χ1n) is 8.65. The van der Waals surface area contributed by atoms with Crippen molar-refractivity contribution in [3.8, 4) is 17.1 Å². The number of rotatable bonds is 2. The molecule has 0 saturated carbocycles. The van der Waals surface area contributed by atoms with Crippen molar-refractivity contribution in [1.29, 1.82) is 0 Å². The Labute approximate surface area is 151 Å². The molecule has 0 aliphatic carbocycles. The predicted molar refractivity (Wildman–Crippen MR) is 97.8 cm³/mol. The summed E-state index contributed by atoms with van der Waals surface area (Å²) in [5, 5.41) is 14.5. The maximum absolute atomic E-state index is 12.9. The number of aromatic nitrogens is 3. The number of carbonyl (C=O) groups is 1. The van der Waals surface area contributed by atoms with Crippen LogP contribution in [0.2, 0.25) is 0 Å². The van der Waals surface area contributed by atoms with Gasteiger partial charge in [0.1, 0.15) is 11.6 Å². The molecule has 1 aliphatic heterocycles. The van der Waals surface area contributed by atoms with Crippen molar-refractivity contribution in [2.45, 2.75) is 26.4 Å². The third-order valence-corrected chi connectivity index (χ3v) is 4.84. The lowest BCUT2D eigenvalue weighted by atomic mass is 10.1. The molecule has 0 spiro atoms. The maximum atomic E-state index is 12.9. The maximum Gasteiger partial charge on any atom is 0.254 e. The van der Waals surface area contributed by atoms with E-state index in [1.165, 1.54) is 6.07 Å². The Hall–Kier alpha value is -3.15. The summed E-state index contributed by atoms with van der Waals surface area (Å²) < 4.78 is 1.88. The van der Waals surface area contributed by atoms with Crippen LogP contribution in [-0.4, -0.2) is 37.2 Å². The molecule has 0 radical (unpaired) electrons. The Bertz CT molecular complexity index is 965. The first-order valence-corrected chi connectivity index (χ1v) is 8.65. The molecule has 2 heterocycles. The molecule has 0 fully saturated rings. The standard InChI is InChI=1S/C20H20N4O2/c1-13-8-9-16(12-17(13)25)20(26)23-10-11-24-19(14(23)2)21-18(22-24)15-6-4-3-5-7-15/h3-9,12,14,25H,10-11H2,1-2H3/t14-/m0/s1. The minimum Gasteiger partial charge on any atom is -0.508 e. The number of benzene rings is 2. The third-order valence-electron chi connectivity index (χ3n) is 4.84. The highest BCUT2D eigenvalue weighted by atomic mass is 16.3. The molecule has 3 aromatic rings. The molecule has 26 heavy (non-hydrogen) atoms. The minimum atomic E-state index is -0.190. The molecular weight excluding hydrogens is 328 g/mol. The van der Waals surface area contributed by atoms with Crippen LogP contribution in [0.1, 0.15) is 34.7 Å². The van der Waals surface area contributed by atoms with E-state index in [9.17, 15) is 9.90 Å². The Morgan fingerprint density at radius 2 is 1.92 bits per heavy atom. The quantitative estimate of drug-likeness (QED) is 0.772. The van der Waals surface area contributed by atoms with Crippen LogP contribution in [0.5, 0.6) is 5.75 Å². The van der Waals surface area contributed by atoms with E-state index in [2.05, 4.69) is 10.1 Å². The lowest BCUT2D eigenvalue weighted by Crippen LogP contribution is -2.41. The van der Waals surface area contributed by atoms with Crippen molar-refractivity contribution in [3.05, 3.63) is 65.5 Å². The second kappa shape index (κ2) is 6.29. The summed E-state index contributed by atoms with van der Waals surface area (Å²) in [5.74, 6) is 1.48. The van der Waals surface area contributed by atoms with Crippen LogP contribution in [0.3, 0.4) is 0 Å². The second-order valence-electron chi connectivity index (χ2n) is 6.56. The van der Waals surface area contributed by atoms with Gasteiger partial charge in [0, 0.05) is 17.7 Å². The zero-order valence-electron chi connectivity index (χ0n) is 14.8. The highest BCUT2D eigenvalue weighted by Crippen LogP contribution is 2.28. The third kappa shape index (κ3) is 2.73. The SMILES string of the molecule is Cc1ccc(C(=O)N2CCn3nc(-c4ccccc4)nc3[C@@H]2C)cc1O. The molecule has 0 unspecified atom stereocenters. The first kappa shape index (κ1) is 16.3. The molecule has 1 aliphatic rings. The molecule has 6 heteroatoms. The van der Waals surface area contributed by atoms with E-state index in [4.69, 9.17) is 0 Å². The average Bonchev–Trinajstić information content (AvgIpc) is 3.10. The Morgan fingerprint density at radius 3 is 2.65 bits per heavy atom. The molecule has 1 atom stereocenters. The molecule has 6 nitrogen and oxygen atoms in total. The Balaban J connectivity index is 1.63. The van der Waals surface area contributed by atoms with Crippen LogP contribution < -0.4 is 0 Å². The van der Waals surface area contributed by atoms with Crippen molar-refractivity contribution >= 4 is 5.91 Å². The van der Waals surface area contributed by atoms with E-state index in [1.54, 1.807) is 24.0 Å². The van der Waals surface area contributed by atoms with Gasteiger partial charge < -0.3 is 10.0 Å². The van der Waals surface area contributed by atoms with Crippen LogP contribution in [0.15, 0.2) is 48.5 Å². The molecule has 1 amide bonds. The topological polar surface area (TPSA) is 71.2 Å². The molecule has 0 bridgehead atoms. The zero-order chi connectivity index (χ0) is 18.3. The van der Waals surface area contributed by atoms with Gasteiger partial charge in [-0.05, 0) is 31.5 Å². The number of aryl methyl sites for hydroxylation is 1. The van der Waals surface area contributed by atoms with Gasteiger partial charge in [-0.3, -0.25) is 4.79 Å². The van der Waals surface area contributed by atoms with Gasteiger partial charge in [0.15, 0.2) is 5.82 Å². The monoisotopic (exact) mass is 348 g/mol. The van der Waals surface area contributed by atoms with Crippen molar-refractivity contribution in [3.63, 3.8) is 0 Å². The number of phenolic OH excluding ortho intramolecular Hbond substituents is 1. The summed E-state index contributed by atoms with van der Waals surface area (Å²) in [4.78, 5) is 19.4. The molecule has 4 rings (SSSR count). The van der Waals surface area contributed by atoms with Gasteiger partial charge in [-0.15, -0.1) is 0 Å². The van der Waals surface area contributed by atoms with Crippen molar-refractivity contribution in [2.75, 3.05) is 6.54 Å². The lowest BCUT2D eigenvalue weighted by molar-refractivity contribution is 0.0630. The highest BCUT2D eigenvalue weighted by Gasteiger charge is 2.31. The number of amides is 1. The van der Waals surface area contributed by atoms with Crippen LogP contribution in [0.25, 0.3) is 11.4 Å². The number of phenols is 1. The van der Waals surface area contributed by atoms with E-state index in [1.807, 2.05) is 41.9 Å². The van der Waals surface area contributed by atoms with Crippen LogP contribution in [0.4, 0.5) is 0 Å². The van der Waals surface area contributed by atoms with Gasteiger partial charge in [-0.1, -0.05) is 36.4 Å². The fourth-order valence-corrected chi connectivity index (χ4v) is 3.26. The second-order valence-corrected chi connectivity index (χ2v) is 6.56. The number of fused-ring (bicyclic) bond motifs is 1. The highest BCUT2D eigenvalue weighted by molar-refractivity contribution is 5.95. The fourth-order valence-electron chi connectivity index (χ4n) is 3.26. The molecule has 1 aromatic heterocycles. The number of hydrogen-bond donors (Lipinski definition) is 1. The van der Waals surface area contributed by atoms with Gasteiger partial charge >= 0.3 is 0 Å². The van der Waals surface area contributed by atoms with E-state index in [0.717, 1.165) is 17.0 Å². The van der Waals surface area contributed by atoms with E-state index in [-0.39, 0.29) is 17.7 Å². The van der Waals surface area contributed by atoms with Crippen LogP contribution in [0, 0.1) is 6.92 Å². The summed E-state index contributed by atoms with van der Waals surface area (Å²) in [7, 11) is 0. The number of hydrogen-bond acceptors (Lipinski definition) is 4. The molecule has 2 aromatic carbocycles. The van der Waals surface area contributed by atoms with E-state index in [0.29, 0.717) is 24.5 Å². The largest absolute Gasteiger partial charge is 0.508 e. The summed E-state index contributed by atoms with van der Waals surface area (Å²) in [6, 6.07) is 14.7. The lowest BCUT2D eigenvalue weighted by Gasteiger charge is -2.33. The Morgan fingerprint density at radius 1 is 1.15 bits per heavy atom. The smallest absolute Gasteiger partial charge is 0.254 e. The summed E-state index contributed by atoms with van der Waals surface area (Å²) in [6.07, 6.45) is 0. The van der Waals surface area contributed by atoms with Gasteiger partial charge in [0.25, 0.3) is 5.91 Å². The van der Waals surface area contributed by atoms with Crippen molar-refractivity contribution < 1.29 is 9.90 Å². The number of carbonyl (C=O) groups excluding carboxylic acids is 1. The van der Waals surface area contributed by atoms with Gasteiger partial charge in [0.05, 0.1) is 12.6 Å². The fraction of sp³-hybridized carbons (Fsp3) is 0.250. The summed E-state index contributed by atoms with van der Waals surface area (Å²) in [5.41, 5.74) is 2.19. The van der Waals surface area contributed by atoms with Crippen molar-refractivity contribution in [2.24, 2.45) is 0 Å². The molecular formula is C20H20N4O2. The summed E-state index contributed by atoms with van der Waals surface area (Å²) in [6.45, 7) is 4.92.